The molecule has 326 valence electrons. The first kappa shape index (κ1) is 53.7. The molecule has 0 spiro atoms. The van der Waals surface area contributed by atoms with E-state index >= 15 is 0 Å². The second kappa shape index (κ2) is 42.3. The fraction of sp³-hybridized carbons (Fsp3) is 0.936. The predicted octanol–water partition coefficient (Wildman–Crippen LogP) is 12.6. The zero-order valence-electron chi connectivity index (χ0n) is 37.3. The lowest BCUT2D eigenvalue weighted by atomic mass is 9.93. The largest absolute Gasteiger partial charge is 0.466 e. The summed E-state index contributed by atoms with van der Waals surface area (Å²) in [7, 11) is 3.98. The number of likely N-dealkylation sites (N-methyl/N-ethyl adjacent to an activating group) is 1. The van der Waals surface area contributed by atoms with E-state index < -0.39 is 6.04 Å². The molecule has 8 heteroatoms. The van der Waals surface area contributed by atoms with Crippen LogP contribution >= 0.6 is 11.8 Å². The van der Waals surface area contributed by atoms with Crippen molar-refractivity contribution < 1.29 is 19.1 Å². The molecule has 0 bridgehead atoms. The van der Waals surface area contributed by atoms with Crippen molar-refractivity contribution in [3.8, 4) is 0 Å². The van der Waals surface area contributed by atoms with Crippen LogP contribution in [0.3, 0.4) is 0 Å². The second-order valence-corrected chi connectivity index (χ2v) is 17.9. The topological polar surface area (TPSA) is 87.7 Å². The normalized spacial score (nSPS) is 12.5. The highest BCUT2D eigenvalue weighted by atomic mass is 32.2. The van der Waals surface area contributed by atoms with Crippen molar-refractivity contribution in [1.82, 2.24) is 15.5 Å². The van der Waals surface area contributed by atoms with Gasteiger partial charge in [0.05, 0.1) is 13.0 Å². The Balaban J connectivity index is 4.58. The summed E-state index contributed by atoms with van der Waals surface area (Å²) >= 11 is 1.66. The van der Waals surface area contributed by atoms with Gasteiger partial charge >= 0.3 is 5.97 Å². The zero-order chi connectivity index (χ0) is 40.5. The fourth-order valence-electron chi connectivity index (χ4n) is 7.20. The van der Waals surface area contributed by atoms with Gasteiger partial charge in [-0.05, 0) is 45.5 Å². The first-order valence-corrected chi connectivity index (χ1v) is 25.0. The molecule has 2 unspecified atom stereocenters. The first-order chi connectivity index (χ1) is 26.8. The minimum Gasteiger partial charge on any atom is -0.466 e. The van der Waals surface area contributed by atoms with Crippen molar-refractivity contribution >= 4 is 29.5 Å². The van der Waals surface area contributed by atoms with Crippen molar-refractivity contribution in [3.63, 3.8) is 0 Å². The Morgan fingerprint density at radius 3 is 1.38 bits per heavy atom. The molecule has 0 aromatic rings. The molecule has 0 aliphatic rings. The van der Waals surface area contributed by atoms with Crippen molar-refractivity contribution in [1.29, 1.82) is 0 Å². The number of rotatable bonds is 43. The number of ether oxygens (including phenoxy) is 1. The third-order valence-electron chi connectivity index (χ3n) is 10.9. The highest BCUT2D eigenvalue weighted by Crippen LogP contribution is 2.21. The van der Waals surface area contributed by atoms with E-state index in [4.69, 9.17) is 4.74 Å². The van der Waals surface area contributed by atoms with E-state index in [0.717, 1.165) is 45.1 Å². The molecule has 0 rings (SSSR count). The lowest BCUT2D eigenvalue weighted by Crippen LogP contribution is -2.49. The standard InChI is InChI=1S/C47H93N3O4S/c1-6-9-12-15-18-20-21-22-23-24-25-27-30-33-40-54-45(51)37-42-55-41-36-44(47(53)48-38-39-50(4)5)49-46(52)43(34-31-28-17-14-11-8-3)35-32-29-26-19-16-13-10-7-2/h43-44H,6-42H2,1-5H3,(H,48,53)(H,49,52). The monoisotopic (exact) mass is 796 g/mol. The van der Waals surface area contributed by atoms with Crippen molar-refractivity contribution in [2.45, 2.75) is 232 Å². The van der Waals surface area contributed by atoms with Gasteiger partial charge in [-0.25, -0.2) is 0 Å². The summed E-state index contributed by atoms with van der Waals surface area (Å²) < 4.78 is 5.51. The molecule has 0 aromatic carbocycles. The molecule has 7 nitrogen and oxygen atoms in total. The summed E-state index contributed by atoms with van der Waals surface area (Å²) in [5, 5.41) is 6.25. The van der Waals surface area contributed by atoms with Crippen LogP contribution < -0.4 is 10.6 Å². The molecule has 0 aromatic heterocycles. The number of esters is 1. The Hall–Kier alpha value is -1.28. The van der Waals surface area contributed by atoms with Gasteiger partial charge in [0.2, 0.25) is 11.8 Å². The fourth-order valence-corrected chi connectivity index (χ4v) is 8.12. The highest BCUT2D eigenvalue weighted by molar-refractivity contribution is 7.99. The molecule has 0 heterocycles. The average molecular weight is 796 g/mol. The number of unbranched alkanes of at least 4 members (excludes halogenated alkanes) is 25. The summed E-state index contributed by atoms with van der Waals surface area (Å²) in [6, 6.07) is -0.556. The van der Waals surface area contributed by atoms with E-state index in [0.29, 0.717) is 37.5 Å². The quantitative estimate of drug-likeness (QED) is 0.0472. The first-order valence-electron chi connectivity index (χ1n) is 23.8. The van der Waals surface area contributed by atoms with Gasteiger partial charge in [-0.15, -0.1) is 0 Å². The molecular weight excluding hydrogens is 703 g/mol. The molecule has 0 saturated carbocycles. The SMILES string of the molecule is CCCCCCCCCCCCCCCCOC(=O)CCSCCC(NC(=O)C(CCCCCCCC)CCCCCCCCCC)C(=O)NCCN(C)C. The van der Waals surface area contributed by atoms with Crippen LogP contribution in [0.15, 0.2) is 0 Å². The van der Waals surface area contributed by atoms with E-state index in [-0.39, 0.29) is 23.7 Å². The van der Waals surface area contributed by atoms with Gasteiger partial charge < -0.3 is 20.3 Å². The van der Waals surface area contributed by atoms with Crippen molar-refractivity contribution in [3.05, 3.63) is 0 Å². The maximum absolute atomic E-state index is 13.7. The second-order valence-electron chi connectivity index (χ2n) is 16.6. The molecule has 2 atom stereocenters. The van der Waals surface area contributed by atoms with Gasteiger partial charge in [-0.3, -0.25) is 14.4 Å². The smallest absolute Gasteiger partial charge is 0.306 e. The van der Waals surface area contributed by atoms with E-state index in [1.807, 2.05) is 19.0 Å². The summed E-state index contributed by atoms with van der Waals surface area (Å²) in [4.78, 5) is 41.5. The summed E-state index contributed by atoms with van der Waals surface area (Å²) in [6.07, 6.45) is 38.5. The average Bonchev–Trinajstić information content (AvgIpc) is 3.16. The minimum absolute atomic E-state index is 0.0366. The maximum Gasteiger partial charge on any atom is 0.306 e. The van der Waals surface area contributed by atoms with Gasteiger partial charge in [-0.1, -0.05) is 194 Å². The number of hydrogen-bond donors (Lipinski definition) is 2. The molecule has 0 aliphatic carbocycles. The summed E-state index contributed by atoms with van der Waals surface area (Å²) in [6.45, 7) is 8.59. The van der Waals surface area contributed by atoms with Gasteiger partial charge in [0.1, 0.15) is 6.04 Å². The number of carbonyl (C=O) groups is 3. The number of carbonyl (C=O) groups excluding carboxylic acids is 3. The Labute approximate surface area is 346 Å². The van der Waals surface area contributed by atoms with Crippen LogP contribution in [0.5, 0.6) is 0 Å². The highest BCUT2D eigenvalue weighted by Gasteiger charge is 2.25. The molecule has 0 radical (unpaired) electrons. The van der Waals surface area contributed by atoms with E-state index in [2.05, 4.69) is 31.4 Å². The number of nitrogens with zero attached hydrogens (tertiary/aromatic N) is 1. The summed E-state index contributed by atoms with van der Waals surface area (Å²) in [5.41, 5.74) is 0. The molecule has 2 N–H and O–H groups in total. The van der Waals surface area contributed by atoms with Crippen LogP contribution in [0.2, 0.25) is 0 Å². The number of nitrogens with one attached hydrogen (secondary N) is 2. The van der Waals surface area contributed by atoms with Crippen LogP contribution in [-0.4, -0.2) is 74.0 Å². The molecule has 2 amide bonds. The lowest BCUT2D eigenvalue weighted by Gasteiger charge is -2.23. The van der Waals surface area contributed by atoms with E-state index in [1.54, 1.807) is 11.8 Å². The zero-order valence-corrected chi connectivity index (χ0v) is 38.1. The third kappa shape index (κ3) is 38.0. The Morgan fingerprint density at radius 1 is 0.527 bits per heavy atom. The number of thioether (sulfide) groups is 1. The van der Waals surface area contributed by atoms with Crippen LogP contribution in [0, 0.1) is 5.92 Å². The lowest BCUT2D eigenvalue weighted by molar-refractivity contribution is -0.143. The summed E-state index contributed by atoms with van der Waals surface area (Å²) in [5.74, 6) is 1.14. The van der Waals surface area contributed by atoms with Crippen molar-refractivity contribution in [2.75, 3.05) is 45.3 Å². The van der Waals surface area contributed by atoms with Crippen LogP contribution in [0.25, 0.3) is 0 Å². The van der Waals surface area contributed by atoms with Crippen LogP contribution in [-0.2, 0) is 19.1 Å². The Kier molecular flexibility index (Phi) is 41.3. The Bertz CT molecular complexity index is 858. The van der Waals surface area contributed by atoms with Gasteiger partial charge in [-0.2, -0.15) is 11.8 Å². The molecule has 55 heavy (non-hydrogen) atoms. The van der Waals surface area contributed by atoms with Gasteiger partial charge in [0.15, 0.2) is 0 Å². The van der Waals surface area contributed by atoms with Crippen molar-refractivity contribution in [2.24, 2.45) is 5.92 Å². The molecule has 0 saturated heterocycles. The molecule has 0 fully saturated rings. The molecular formula is C47H93N3O4S. The van der Waals surface area contributed by atoms with Gasteiger partial charge in [0.25, 0.3) is 0 Å². The van der Waals surface area contributed by atoms with E-state index in [1.165, 1.54) is 154 Å². The van der Waals surface area contributed by atoms with Crippen LogP contribution in [0.4, 0.5) is 0 Å². The predicted molar refractivity (Wildman–Crippen MR) is 240 cm³/mol. The maximum atomic E-state index is 13.7. The van der Waals surface area contributed by atoms with Gasteiger partial charge in [0, 0.05) is 24.8 Å². The minimum atomic E-state index is -0.556. The third-order valence-corrected chi connectivity index (χ3v) is 12.0. The Morgan fingerprint density at radius 2 is 0.945 bits per heavy atom. The number of amides is 2. The van der Waals surface area contributed by atoms with Crippen LogP contribution in [0.1, 0.15) is 226 Å². The van der Waals surface area contributed by atoms with E-state index in [9.17, 15) is 14.4 Å². The number of hydrogen-bond acceptors (Lipinski definition) is 6. The molecule has 0 aliphatic heterocycles.